The molecule has 2 aromatic carbocycles. The molecule has 0 aromatic heterocycles. The van der Waals surface area contributed by atoms with Gasteiger partial charge in [-0.25, -0.2) is 4.39 Å². The van der Waals surface area contributed by atoms with Crippen LogP contribution in [0.25, 0.3) is 0 Å². The predicted octanol–water partition coefficient (Wildman–Crippen LogP) is 4.11. The van der Waals surface area contributed by atoms with Gasteiger partial charge in [0.2, 0.25) is 0 Å². The molecule has 88 valence electrons. The predicted molar refractivity (Wildman–Crippen MR) is 70.3 cm³/mol. The Hall–Kier alpha value is -1.74. The van der Waals surface area contributed by atoms with Gasteiger partial charge in [-0.3, -0.25) is 0 Å². The highest BCUT2D eigenvalue weighted by Gasteiger charge is 2.05. The van der Waals surface area contributed by atoms with Crippen molar-refractivity contribution < 1.29 is 4.39 Å². The molecule has 0 saturated heterocycles. The van der Waals surface area contributed by atoms with E-state index in [4.69, 9.17) is 17.3 Å². The van der Waals surface area contributed by atoms with Crippen molar-refractivity contribution in [3.05, 3.63) is 52.8 Å². The summed E-state index contributed by atoms with van der Waals surface area (Å²) in [7, 11) is 0. The van der Waals surface area contributed by atoms with Gasteiger partial charge in [-0.05, 0) is 42.8 Å². The molecule has 0 amide bonds. The van der Waals surface area contributed by atoms with Gasteiger partial charge in [-0.15, -0.1) is 0 Å². The van der Waals surface area contributed by atoms with Crippen LogP contribution >= 0.6 is 11.6 Å². The minimum Gasteiger partial charge on any atom is -0.397 e. The highest BCUT2D eigenvalue weighted by molar-refractivity contribution is 6.34. The van der Waals surface area contributed by atoms with Crippen molar-refractivity contribution in [2.45, 2.75) is 6.92 Å². The summed E-state index contributed by atoms with van der Waals surface area (Å²) < 4.78 is 13.2. The van der Waals surface area contributed by atoms with Crippen molar-refractivity contribution in [3.8, 4) is 0 Å². The lowest BCUT2D eigenvalue weighted by Gasteiger charge is -2.11. The van der Waals surface area contributed by atoms with E-state index in [1.54, 1.807) is 18.2 Å². The molecule has 0 radical (unpaired) electrons. The molecule has 0 spiro atoms. The smallest absolute Gasteiger partial charge is 0.125 e. The lowest BCUT2D eigenvalue weighted by Crippen LogP contribution is -1.97. The Labute approximate surface area is 104 Å². The molecule has 0 heterocycles. The maximum absolute atomic E-state index is 13.2. The molecule has 4 heteroatoms. The van der Waals surface area contributed by atoms with E-state index in [0.29, 0.717) is 22.1 Å². The van der Waals surface area contributed by atoms with Gasteiger partial charge in [-0.1, -0.05) is 17.7 Å². The number of nitrogens with two attached hydrogens (primary N) is 1. The molecule has 0 aliphatic carbocycles. The first-order valence-corrected chi connectivity index (χ1v) is 5.52. The van der Waals surface area contributed by atoms with Crippen LogP contribution in [0.5, 0.6) is 0 Å². The molecular formula is C13H12ClFN2. The van der Waals surface area contributed by atoms with Crippen LogP contribution in [0.3, 0.4) is 0 Å². The molecule has 0 fully saturated rings. The second kappa shape index (κ2) is 4.63. The summed E-state index contributed by atoms with van der Waals surface area (Å²) in [6, 6.07) is 9.91. The normalized spacial score (nSPS) is 10.3. The van der Waals surface area contributed by atoms with E-state index in [9.17, 15) is 4.39 Å². The van der Waals surface area contributed by atoms with Gasteiger partial charge < -0.3 is 11.1 Å². The molecular weight excluding hydrogens is 239 g/mol. The molecule has 2 aromatic rings. The number of para-hydroxylation sites is 1. The topological polar surface area (TPSA) is 38.0 Å². The number of nitrogen functional groups attached to an aromatic ring is 1. The first-order chi connectivity index (χ1) is 8.06. The molecule has 0 aliphatic heterocycles. The van der Waals surface area contributed by atoms with E-state index in [1.165, 1.54) is 12.1 Å². The maximum atomic E-state index is 13.2. The Morgan fingerprint density at radius 3 is 2.65 bits per heavy atom. The molecule has 3 N–H and O–H groups in total. The fourth-order valence-electron chi connectivity index (χ4n) is 1.63. The Balaban J connectivity index is 2.38. The Bertz CT molecular complexity index is 515. The Kier molecular flexibility index (Phi) is 3.20. The van der Waals surface area contributed by atoms with Crippen LogP contribution in [0.4, 0.5) is 21.5 Å². The van der Waals surface area contributed by atoms with E-state index in [-0.39, 0.29) is 5.82 Å². The number of nitrogens with one attached hydrogen (secondary N) is 1. The maximum Gasteiger partial charge on any atom is 0.125 e. The standard InChI is InChI=1S/C13H12ClFN2/c1-8-5-9(15)7-10(6-8)17-13-11(14)3-2-4-12(13)16/h2-7,17H,16H2,1H3. The molecule has 0 atom stereocenters. The average Bonchev–Trinajstić information content (AvgIpc) is 2.22. The van der Waals surface area contributed by atoms with Crippen LogP contribution in [0.15, 0.2) is 36.4 Å². The van der Waals surface area contributed by atoms with E-state index in [1.807, 2.05) is 13.0 Å². The van der Waals surface area contributed by atoms with Crippen molar-refractivity contribution >= 4 is 28.7 Å². The third kappa shape index (κ3) is 2.68. The Morgan fingerprint density at radius 2 is 2.00 bits per heavy atom. The van der Waals surface area contributed by atoms with Gasteiger partial charge in [0.15, 0.2) is 0 Å². The van der Waals surface area contributed by atoms with E-state index in [0.717, 1.165) is 5.56 Å². The van der Waals surface area contributed by atoms with Crippen LogP contribution in [-0.2, 0) is 0 Å². The minimum atomic E-state index is -0.293. The van der Waals surface area contributed by atoms with Crippen LogP contribution < -0.4 is 11.1 Å². The highest BCUT2D eigenvalue weighted by Crippen LogP contribution is 2.31. The van der Waals surface area contributed by atoms with Crippen LogP contribution in [0.1, 0.15) is 5.56 Å². The van der Waals surface area contributed by atoms with Gasteiger partial charge in [-0.2, -0.15) is 0 Å². The average molecular weight is 251 g/mol. The van der Waals surface area contributed by atoms with Crippen molar-refractivity contribution in [2.24, 2.45) is 0 Å². The molecule has 2 rings (SSSR count). The van der Waals surface area contributed by atoms with Crippen molar-refractivity contribution in [3.63, 3.8) is 0 Å². The quantitative estimate of drug-likeness (QED) is 0.787. The van der Waals surface area contributed by atoms with Gasteiger partial charge in [0.05, 0.1) is 16.4 Å². The summed E-state index contributed by atoms with van der Waals surface area (Å²) in [6.07, 6.45) is 0. The summed E-state index contributed by atoms with van der Waals surface area (Å²) in [5, 5.41) is 3.53. The molecule has 2 nitrogen and oxygen atoms in total. The van der Waals surface area contributed by atoms with Crippen LogP contribution in [0, 0.1) is 12.7 Å². The van der Waals surface area contributed by atoms with Crippen molar-refractivity contribution in [1.29, 1.82) is 0 Å². The number of hydrogen-bond acceptors (Lipinski definition) is 2. The third-order valence-electron chi connectivity index (χ3n) is 2.36. The summed E-state index contributed by atoms with van der Waals surface area (Å²) in [6.45, 7) is 1.82. The number of halogens is 2. The van der Waals surface area contributed by atoms with Crippen LogP contribution in [-0.4, -0.2) is 0 Å². The number of hydrogen-bond donors (Lipinski definition) is 2. The number of anilines is 3. The first-order valence-electron chi connectivity index (χ1n) is 5.14. The van der Waals surface area contributed by atoms with E-state index < -0.39 is 0 Å². The lowest BCUT2D eigenvalue weighted by atomic mass is 10.2. The largest absolute Gasteiger partial charge is 0.397 e. The Morgan fingerprint density at radius 1 is 1.24 bits per heavy atom. The zero-order valence-corrected chi connectivity index (χ0v) is 10.1. The summed E-state index contributed by atoms with van der Waals surface area (Å²) in [4.78, 5) is 0. The number of benzene rings is 2. The number of rotatable bonds is 2. The third-order valence-corrected chi connectivity index (χ3v) is 2.67. The first kappa shape index (κ1) is 11.7. The molecule has 0 aliphatic rings. The van der Waals surface area contributed by atoms with Crippen molar-refractivity contribution in [2.75, 3.05) is 11.1 Å². The van der Waals surface area contributed by atoms with Crippen molar-refractivity contribution in [1.82, 2.24) is 0 Å². The van der Waals surface area contributed by atoms with Crippen LogP contribution in [0.2, 0.25) is 5.02 Å². The number of aryl methyl sites for hydroxylation is 1. The second-order valence-corrected chi connectivity index (χ2v) is 4.25. The fourth-order valence-corrected chi connectivity index (χ4v) is 1.85. The monoisotopic (exact) mass is 250 g/mol. The molecule has 17 heavy (non-hydrogen) atoms. The summed E-state index contributed by atoms with van der Waals surface area (Å²) in [5.41, 5.74) is 8.39. The lowest BCUT2D eigenvalue weighted by molar-refractivity contribution is 0.627. The zero-order chi connectivity index (χ0) is 12.4. The summed E-state index contributed by atoms with van der Waals surface area (Å²) in [5.74, 6) is -0.293. The second-order valence-electron chi connectivity index (χ2n) is 3.85. The molecule has 0 saturated carbocycles. The fraction of sp³-hybridized carbons (Fsp3) is 0.0769. The highest BCUT2D eigenvalue weighted by atomic mass is 35.5. The van der Waals surface area contributed by atoms with Gasteiger partial charge >= 0.3 is 0 Å². The summed E-state index contributed by atoms with van der Waals surface area (Å²) >= 11 is 6.02. The molecule has 0 bridgehead atoms. The van der Waals surface area contributed by atoms with E-state index in [2.05, 4.69) is 5.32 Å². The SMILES string of the molecule is Cc1cc(F)cc(Nc2c(N)cccc2Cl)c1. The van der Waals surface area contributed by atoms with E-state index >= 15 is 0 Å². The van der Waals surface area contributed by atoms with Gasteiger partial charge in [0.1, 0.15) is 5.82 Å². The minimum absolute atomic E-state index is 0.293. The molecule has 0 unspecified atom stereocenters. The zero-order valence-electron chi connectivity index (χ0n) is 9.30. The van der Waals surface area contributed by atoms with Gasteiger partial charge in [0.25, 0.3) is 0 Å². The van der Waals surface area contributed by atoms with Gasteiger partial charge in [0, 0.05) is 5.69 Å².